The standard InChI is InChI=1S/C5H10Br/c1-3-4-5(2)6/h3-4H2,1-2H3. The summed E-state index contributed by atoms with van der Waals surface area (Å²) in [6.45, 7) is 4.26. The van der Waals surface area contributed by atoms with Gasteiger partial charge < -0.3 is 0 Å². The third kappa shape index (κ3) is 4.48. The molecular formula is C5H10Br. The molecule has 0 aliphatic rings. The van der Waals surface area contributed by atoms with E-state index in [4.69, 9.17) is 0 Å². The molecule has 0 spiro atoms. The third-order valence-electron chi connectivity index (χ3n) is 0.594. The van der Waals surface area contributed by atoms with Crippen LogP contribution in [0.3, 0.4) is 0 Å². The van der Waals surface area contributed by atoms with Gasteiger partial charge in [-0.3, -0.25) is 0 Å². The highest BCUT2D eigenvalue weighted by atomic mass is 79.9. The largest absolute Gasteiger partial charge is 0.0841 e. The minimum absolute atomic E-state index is 1.21. The zero-order chi connectivity index (χ0) is 4.99. The summed E-state index contributed by atoms with van der Waals surface area (Å²) in [5, 5.41) is 0. The fourth-order valence-electron chi connectivity index (χ4n) is 0.344. The molecule has 37 valence electrons. The van der Waals surface area contributed by atoms with Crippen molar-refractivity contribution in [2.75, 3.05) is 0 Å². The second-order valence-electron chi connectivity index (χ2n) is 1.43. The predicted octanol–water partition coefficient (Wildman–Crippen LogP) is 2.73. The van der Waals surface area contributed by atoms with Gasteiger partial charge in [-0.15, -0.1) is 0 Å². The molecule has 0 aliphatic carbocycles. The average molecular weight is 150 g/mol. The molecule has 6 heavy (non-hydrogen) atoms. The molecule has 0 aliphatic heterocycles. The number of halogens is 1. The van der Waals surface area contributed by atoms with Crippen molar-refractivity contribution in [2.45, 2.75) is 26.7 Å². The summed E-state index contributed by atoms with van der Waals surface area (Å²) in [5.74, 6) is 0. The SMILES string of the molecule is CCC[C](C)Br. The van der Waals surface area contributed by atoms with Crippen LogP contribution in [0.1, 0.15) is 26.7 Å². The number of hydrogen-bond acceptors (Lipinski definition) is 0. The second-order valence-corrected chi connectivity index (χ2v) is 2.78. The van der Waals surface area contributed by atoms with Crippen molar-refractivity contribution < 1.29 is 0 Å². The first-order valence-corrected chi connectivity index (χ1v) is 3.04. The molecule has 0 amide bonds. The molecule has 0 atom stereocenters. The van der Waals surface area contributed by atoms with Gasteiger partial charge in [0.2, 0.25) is 0 Å². The molecule has 0 bridgehead atoms. The van der Waals surface area contributed by atoms with Crippen LogP contribution in [0, 0.1) is 4.83 Å². The highest BCUT2D eigenvalue weighted by Gasteiger charge is 1.89. The maximum atomic E-state index is 3.35. The Bertz CT molecular complexity index is 25.1. The Kier molecular flexibility index (Phi) is 3.96. The van der Waals surface area contributed by atoms with Crippen LogP contribution in [0.4, 0.5) is 0 Å². The van der Waals surface area contributed by atoms with Crippen molar-refractivity contribution in [1.82, 2.24) is 0 Å². The Balaban J connectivity index is 2.63. The van der Waals surface area contributed by atoms with Gasteiger partial charge in [-0.25, -0.2) is 0 Å². The van der Waals surface area contributed by atoms with E-state index in [-0.39, 0.29) is 0 Å². The molecular weight excluding hydrogens is 140 g/mol. The van der Waals surface area contributed by atoms with Gasteiger partial charge in [0.25, 0.3) is 0 Å². The Morgan fingerprint density at radius 1 is 1.67 bits per heavy atom. The summed E-state index contributed by atoms with van der Waals surface area (Å²) in [6.07, 6.45) is 2.46. The van der Waals surface area contributed by atoms with Gasteiger partial charge in [-0.2, -0.15) is 0 Å². The molecule has 0 fully saturated rings. The highest BCUT2D eigenvalue weighted by Crippen LogP contribution is 2.13. The third-order valence-corrected chi connectivity index (χ3v) is 0.991. The summed E-state index contributed by atoms with van der Waals surface area (Å²) >= 11 is 3.35. The van der Waals surface area contributed by atoms with E-state index in [9.17, 15) is 0 Å². The van der Waals surface area contributed by atoms with Crippen LogP contribution in [0.15, 0.2) is 0 Å². The van der Waals surface area contributed by atoms with Crippen LogP contribution in [0.25, 0.3) is 0 Å². The Labute approximate surface area is 48.1 Å². The van der Waals surface area contributed by atoms with E-state index < -0.39 is 0 Å². The van der Waals surface area contributed by atoms with Gasteiger partial charge >= 0.3 is 0 Å². The molecule has 0 rings (SSSR count). The van der Waals surface area contributed by atoms with Crippen molar-refractivity contribution in [3.63, 3.8) is 0 Å². The smallest absolute Gasteiger partial charge is 0.0380 e. The monoisotopic (exact) mass is 149 g/mol. The van der Waals surface area contributed by atoms with Crippen LogP contribution in [0.5, 0.6) is 0 Å². The molecule has 1 heteroatoms. The normalized spacial score (nSPS) is 10.0. The fourth-order valence-corrected chi connectivity index (χ4v) is 0.741. The lowest BCUT2D eigenvalue weighted by Gasteiger charge is -1.92. The summed E-state index contributed by atoms with van der Waals surface area (Å²) in [6, 6.07) is 0. The zero-order valence-electron chi connectivity index (χ0n) is 4.29. The minimum atomic E-state index is 1.21. The molecule has 0 aromatic rings. The molecule has 1 radical (unpaired) electrons. The van der Waals surface area contributed by atoms with Crippen molar-refractivity contribution in [1.29, 1.82) is 0 Å². The first-order chi connectivity index (χ1) is 2.77. The number of hydrogen-bond donors (Lipinski definition) is 0. The van der Waals surface area contributed by atoms with Crippen molar-refractivity contribution in [3.05, 3.63) is 4.83 Å². The van der Waals surface area contributed by atoms with Gasteiger partial charge in [0.05, 0.1) is 0 Å². The van der Waals surface area contributed by atoms with Gasteiger partial charge in [-0.05, 0) is 13.3 Å². The van der Waals surface area contributed by atoms with E-state index in [1.807, 2.05) is 0 Å². The van der Waals surface area contributed by atoms with E-state index >= 15 is 0 Å². The summed E-state index contributed by atoms with van der Waals surface area (Å²) in [4.78, 5) is 1.35. The molecule has 0 nitrogen and oxygen atoms in total. The Morgan fingerprint density at radius 3 is 2.17 bits per heavy atom. The van der Waals surface area contributed by atoms with Gasteiger partial charge in [0.1, 0.15) is 0 Å². The maximum absolute atomic E-state index is 3.35. The lowest BCUT2D eigenvalue weighted by Crippen LogP contribution is -1.73. The van der Waals surface area contributed by atoms with Crippen molar-refractivity contribution in [3.8, 4) is 0 Å². The molecule has 0 heterocycles. The predicted molar refractivity (Wildman–Crippen MR) is 32.8 cm³/mol. The molecule has 0 saturated heterocycles. The fraction of sp³-hybridized carbons (Fsp3) is 0.800. The van der Waals surface area contributed by atoms with Gasteiger partial charge in [0.15, 0.2) is 0 Å². The lowest BCUT2D eigenvalue weighted by atomic mass is 10.3. The van der Waals surface area contributed by atoms with Crippen LogP contribution in [-0.2, 0) is 0 Å². The molecule has 0 unspecified atom stereocenters. The van der Waals surface area contributed by atoms with Crippen LogP contribution >= 0.6 is 15.9 Å². The quantitative estimate of drug-likeness (QED) is 0.567. The van der Waals surface area contributed by atoms with Gasteiger partial charge in [0, 0.05) is 4.83 Å². The topological polar surface area (TPSA) is 0 Å². The highest BCUT2D eigenvalue weighted by molar-refractivity contribution is 9.11. The van der Waals surface area contributed by atoms with Crippen molar-refractivity contribution in [2.24, 2.45) is 0 Å². The lowest BCUT2D eigenvalue weighted by molar-refractivity contribution is 0.885. The van der Waals surface area contributed by atoms with E-state index in [0.29, 0.717) is 0 Å². The molecule has 0 aromatic carbocycles. The van der Waals surface area contributed by atoms with E-state index in [1.54, 1.807) is 0 Å². The van der Waals surface area contributed by atoms with Crippen molar-refractivity contribution >= 4 is 15.9 Å². The van der Waals surface area contributed by atoms with Crippen LogP contribution in [-0.4, -0.2) is 0 Å². The zero-order valence-corrected chi connectivity index (χ0v) is 5.88. The molecule has 0 saturated carbocycles. The Hall–Kier alpha value is 0.480. The first kappa shape index (κ1) is 6.48. The first-order valence-electron chi connectivity index (χ1n) is 2.25. The van der Waals surface area contributed by atoms with E-state index in [2.05, 4.69) is 29.8 Å². The summed E-state index contributed by atoms with van der Waals surface area (Å²) < 4.78 is 0. The number of rotatable bonds is 2. The average Bonchev–Trinajstić information content (AvgIpc) is 1.35. The molecule has 0 N–H and O–H groups in total. The second kappa shape index (κ2) is 3.66. The molecule has 0 aromatic heterocycles. The van der Waals surface area contributed by atoms with Crippen LogP contribution in [0.2, 0.25) is 0 Å². The van der Waals surface area contributed by atoms with Gasteiger partial charge in [-0.1, -0.05) is 29.3 Å². The van der Waals surface area contributed by atoms with E-state index in [0.717, 1.165) is 0 Å². The maximum Gasteiger partial charge on any atom is 0.0380 e. The summed E-state index contributed by atoms with van der Waals surface area (Å²) in [5.41, 5.74) is 0. The minimum Gasteiger partial charge on any atom is -0.0841 e. The Morgan fingerprint density at radius 2 is 2.17 bits per heavy atom. The van der Waals surface area contributed by atoms with E-state index in [1.165, 1.54) is 17.7 Å². The summed E-state index contributed by atoms with van der Waals surface area (Å²) in [7, 11) is 0. The van der Waals surface area contributed by atoms with Crippen LogP contribution < -0.4 is 0 Å².